The van der Waals surface area contributed by atoms with Crippen molar-refractivity contribution in [1.29, 1.82) is 0 Å². The molecule has 2 heterocycles. The Kier molecular flexibility index (Phi) is 3.94. The second-order valence-electron chi connectivity index (χ2n) is 6.14. The molecule has 0 aromatic carbocycles. The van der Waals surface area contributed by atoms with E-state index in [1.165, 1.54) is 0 Å². The molecule has 106 valence electrons. The summed E-state index contributed by atoms with van der Waals surface area (Å²) in [5, 5.41) is 7.77. The van der Waals surface area contributed by atoms with Crippen molar-refractivity contribution in [2.45, 2.75) is 52.2 Å². The predicted molar refractivity (Wildman–Crippen MR) is 73.3 cm³/mol. The molecule has 1 aliphatic rings. The topological polar surface area (TPSA) is 56.2 Å². The fourth-order valence-corrected chi connectivity index (χ4v) is 2.26. The third-order valence-corrected chi connectivity index (χ3v) is 3.15. The van der Waals surface area contributed by atoms with Crippen molar-refractivity contribution in [3.05, 3.63) is 17.5 Å². The van der Waals surface area contributed by atoms with Crippen LogP contribution in [0.5, 0.6) is 0 Å². The number of hydrogen-bond acceptors (Lipinski definition) is 4. The van der Waals surface area contributed by atoms with Gasteiger partial charge in [0.05, 0.1) is 6.04 Å². The SMILES string of the molecule is Cc1cn(C2CCCNC2)nc1C(=O)OC(C)(C)C. The highest BCUT2D eigenvalue weighted by Gasteiger charge is 2.24. The third kappa shape index (κ3) is 3.56. The number of nitrogens with one attached hydrogen (secondary N) is 1. The molecule has 2 rings (SSSR count). The summed E-state index contributed by atoms with van der Waals surface area (Å²) in [6.45, 7) is 9.47. The second-order valence-corrected chi connectivity index (χ2v) is 6.14. The van der Waals surface area contributed by atoms with Crippen molar-refractivity contribution in [2.75, 3.05) is 13.1 Å². The Morgan fingerprint density at radius 1 is 1.53 bits per heavy atom. The molecule has 1 aromatic rings. The van der Waals surface area contributed by atoms with Crippen LogP contribution in [0.25, 0.3) is 0 Å². The molecule has 0 aliphatic carbocycles. The summed E-state index contributed by atoms with van der Waals surface area (Å²) in [6, 6.07) is 0.337. The maximum Gasteiger partial charge on any atom is 0.359 e. The normalized spacial score (nSPS) is 20.3. The minimum absolute atomic E-state index is 0.337. The van der Waals surface area contributed by atoms with Gasteiger partial charge in [-0.25, -0.2) is 4.79 Å². The molecular formula is C14H23N3O2. The molecule has 5 nitrogen and oxygen atoms in total. The average molecular weight is 265 g/mol. The summed E-state index contributed by atoms with van der Waals surface area (Å²) in [6.07, 6.45) is 4.18. The smallest absolute Gasteiger partial charge is 0.359 e. The third-order valence-electron chi connectivity index (χ3n) is 3.15. The van der Waals surface area contributed by atoms with Gasteiger partial charge in [0.25, 0.3) is 0 Å². The van der Waals surface area contributed by atoms with Crippen molar-refractivity contribution in [1.82, 2.24) is 15.1 Å². The van der Waals surface area contributed by atoms with Crippen LogP contribution in [0.3, 0.4) is 0 Å². The Morgan fingerprint density at radius 2 is 2.26 bits per heavy atom. The van der Waals surface area contributed by atoms with E-state index in [0.717, 1.165) is 31.5 Å². The van der Waals surface area contributed by atoms with Crippen molar-refractivity contribution >= 4 is 5.97 Å². The van der Waals surface area contributed by atoms with Gasteiger partial charge in [0.2, 0.25) is 0 Å². The van der Waals surface area contributed by atoms with E-state index in [0.29, 0.717) is 11.7 Å². The first-order valence-electron chi connectivity index (χ1n) is 6.86. The van der Waals surface area contributed by atoms with Gasteiger partial charge in [-0.15, -0.1) is 0 Å². The van der Waals surface area contributed by atoms with Gasteiger partial charge in [-0.1, -0.05) is 0 Å². The largest absolute Gasteiger partial charge is 0.455 e. The van der Waals surface area contributed by atoms with Crippen LogP contribution in [-0.4, -0.2) is 34.4 Å². The van der Waals surface area contributed by atoms with Gasteiger partial charge < -0.3 is 10.1 Å². The minimum Gasteiger partial charge on any atom is -0.455 e. The number of carbonyl (C=O) groups is 1. The number of rotatable bonds is 2. The first kappa shape index (κ1) is 14.1. The minimum atomic E-state index is -0.486. The van der Waals surface area contributed by atoms with Crippen LogP contribution in [0, 0.1) is 6.92 Å². The molecule has 0 radical (unpaired) electrons. The van der Waals surface area contributed by atoms with Crippen LogP contribution in [0.1, 0.15) is 55.7 Å². The predicted octanol–water partition coefficient (Wildman–Crippen LogP) is 2.07. The molecule has 0 spiro atoms. The molecule has 0 bridgehead atoms. The first-order chi connectivity index (χ1) is 8.87. The quantitative estimate of drug-likeness (QED) is 0.832. The second kappa shape index (κ2) is 5.33. The molecule has 5 heteroatoms. The molecule has 1 saturated heterocycles. The fraction of sp³-hybridized carbons (Fsp3) is 0.714. The van der Waals surface area contributed by atoms with E-state index in [2.05, 4.69) is 10.4 Å². The number of piperidine rings is 1. The molecule has 1 fully saturated rings. The zero-order chi connectivity index (χ0) is 14.0. The number of hydrogen-bond donors (Lipinski definition) is 1. The van der Waals surface area contributed by atoms with E-state index in [9.17, 15) is 4.79 Å². The molecular weight excluding hydrogens is 242 g/mol. The van der Waals surface area contributed by atoms with Gasteiger partial charge in [0, 0.05) is 18.3 Å². The number of ether oxygens (including phenoxy) is 1. The molecule has 1 atom stereocenters. The van der Waals surface area contributed by atoms with E-state index < -0.39 is 5.60 Å². The first-order valence-corrected chi connectivity index (χ1v) is 6.86. The molecule has 0 amide bonds. The highest BCUT2D eigenvalue weighted by atomic mass is 16.6. The Balaban J connectivity index is 2.14. The van der Waals surface area contributed by atoms with E-state index in [1.54, 1.807) is 0 Å². The van der Waals surface area contributed by atoms with Gasteiger partial charge in [-0.2, -0.15) is 5.10 Å². The van der Waals surface area contributed by atoms with E-state index in [-0.39, 0.29) is 5.97 Å². The molecule has 1 aliphatic heterocycles. The van der Waals surface area contributed by atoms with Gasteiger partial charge >= 0.3 is 5.97 Å². The Morgan fingerprint density at radius 3 is 2.84 bits per heavy atom. The van der Waals surface area contributed by atoms with E-state index in [1.807, 2.05) is 38.6 Å². The summed E-state index contributed by atoms with van der Waals surface area (Å²) in [7, 11) is 0. The van der Waals surface area contributed by atoms with Crippen LogP contribution >= 0.6 is 0 Å². The van der Waals surface area contributed by atoms with Crippen LogP contribution in [-0.2, 0) is 4.74 Å². The Labute approximate surface area is 114 Å². The highest BCUT2D eigenvalue weighted by molar-refractivity contribution is 5.89. The Bertz CT molecular complexity index is 454. The fourth-order valence-electron chi connectivity index (χ4n) is 2.26. The van der Waals surface area contributed by atoms with Crippen molar-refractivity contribution in [3.8, 4) is 0 Å². The van der Waals surface area contributed by atoms with Gasteiger partial charge in [0.1, 0.15) is 5.60 Å². The Hall–Kier alpha value is -1.36. The zero-order valence-corrected chi connectivity index (χ0v) is 12.2. The lowest BCUT2D eigenvalue weighted by Crippen LogP contribution is -2.32. The summed E-state index contributed by atoms with van der Waals surface area (Å²) in [5.41, 5.74) is 0.819. The highest BCUT2D eigenvalue weighted by Crippen LogP contribution is 2.19. The van der Waals surface area contributed by atoms with Gasteiger partial charge in [-0.3, -0.25) is 4.68 Å². The van der Waals surface area contributed by atoms with Crippen LogP contribution in [0.4, 0.5) is 0 Å². The summed E-state index contributed by atoms with van der Waals surface area (Å²) in [4.78, 5) is 12.1. The molecule has 1 N–H and O–H groups in total. The zero-order valence-electron chi connectivity index (χ0n) is 12.2. The maximum atomic E-state index is 12.1. The molecule has 0 saturated carbocycles. The standard InChI is InChI=1S/C14H23N3O2/c1-10-9-17(11-6-5-7-15-8-11)16-12(10)13(18)19-14(2,3)4/h9,11,15H,5-8H2,1-4H3. The van der Waals surface area contributed by atoms with Crippen LogP contribution in [0.2, 0.25) is 0 Å². The summed E-state index contributed by atoms with van der Waals surface area (Å²) in [5.74, 6) is -0.340. The lowest BCUT2D eigenvalue weighted by atomic mass is 10.1. The summed E-state index contributed by atoms with van der Waals surface area (Å²) >= 11 is 0. The number of aryl methyl sites for hydroxylation is 1. The van der Waals surface area contributed by atoms with Crippen molar-refractivity contribution in [2.24, 2.45) is 0 Å². The van der Waals surface area contributed by atoms with Crippen molar-refractivity contribution in [3.63, 3.8) is 0 Å². The maximum absolute atomic E-state index is 12.1. The average Bonchev–Trinajstić information content (AvgIpc) is 2.70. The lowest BCUT2D eigenvalue weighted by molar-refractivity contribution is 0.00608. The van der Waals surface area contributed by atoms with Crippen LogP contribution in [0.15, 0.2) is 6.20 Å². The number of esters is 1. The molecule has 1 unspecified atom stereocenters. The van der Waals surface area contributed by atoms with Gasteiger partial charge in [-0.05, 0) is 47.1 Å². The monoisotopic (exact) mass is 265 g/mol. The number of nitrogens with zero attached hydrogens (tertiary/aromatic N) is 2. The van der Waals surface area contributed by atoms with Crippen molar-refractivity contribution < 1.29 is 9.53 Å². The van der Waals surface area contributed by atoms with E-state index in [4.69, 9.17) is 4.74 Å². The van der Waals surface area contributed by atoms with Crippen LogP contribution < -0.4 is 5.32 Å². The number of aromatic nitrogens is 2. The molecule has 1 aromatic heterocycles. The number of carbonyl (C=O) groups excluding carboxylic acids is 1. The molecule has 19 heavy (non-hydrogen) atoms. The van der Waals surface area contributed by atoms with E-state index >= 15 is 0 Å². The van der Waals surface area contributed by atoms with Gasteiger partial charge in [0.15, 0.2) is 5.69 Å². The lowest BCUT2D eigenvalue weighted by Gasteiger charge is -2.23. The summed E-state index contributed by atoms with van der Waals surface area (Å²) < 4.78 is 7.28.